The molecule has 0 radical (unpaired) electrons. The Morgan fingerprint density at radius 2 is 1.91 bits per heavy atom. The van der Waals surface area contributed by atoms with E-state index in [1.165, 1.54) is 11.1 Å². The molecule has 0 saturated carbocycles. The lowest BCUT2D eigenvalue weighted by Crippen LogP contribution is -2.36. The van der Waals surface area contributed by atoms with Gasteiger partial charge in [0.05, 0.1) is 27.4 Å². The van der Waals surface area contributed by atoms with Gasteiger partial charge in [0.15, 0.2) is 5.16 Å². The van der Waals surface area contributed by atoms with E-state index in [9.17, 15) is 0 Å². The highest BCUT2D eigenvalue weighted by Gasteiger charge is 2.17. The van der Waals surface area contributed by atoms with Gasteiger partial charge in [-0.05, 0) is 35.7 Å². The summed E-state index contributed by atoms with van der Waals surface area (Å²) in [6.07, 6.45) is 2.97. The smallest absolute Gasteiger partial charge is 0.166 e. The van der Waals surface area contributed by atoms with E-state index < -0.39 is 0 Å². The van der Waals surface area contributed by atoms with Crippen LogP contribution in [-0.4, -0.2) is 46.5 Å². The average molecular weight is 464 g/mol. The number of para-hydroxylation sites is 2. The molecule has 1 aliphatic heterocycles. The van der Waals surface area contributed by atoms with Crippen LogP contribution in [0.2, 0.25) is 5.02 Å². The molecule has 0 saturated heterocycles. The summed E-state index contributed by atoms with van der Waals surface area (Å²) in [4.78, 5) is 17.3. The molecule has 2 aromatic carbocycles. The minimum atomic E-state index is 0.670. The van der Waals surface area contributed by atoms with Gasteiger partial charge in [-0.2, -0.15) is 0 Å². The monoisotopic (exact) mass is 463 g/mol. The van der Waals surface area contributed by atoms with Gasteiger partial charge in [0.25, 0.3) is 0 Å². The first-order chi connectivity index (χ1) is 15.7. The number of pyridine rings is 1. The van der Waals surface area contributed by atoms with Crippen LogP contribution in [0.15, 0.2) is 66.0 Å². The van der Waals surface area contributed by atoms with Crippen LogP contribution < -0.4 is 4.90 Å². The molecule has 0 spiro atoms. The molecular formula is C25H26ClN5S. The number of aromatic nitrogens is 3. The van der Waals surface area contributed by atoms with Crippen LogP contribution in [0.25, 0.3) is 11.0 Å². The molecule has 0 fully saturated rings. The zero-order chi connectivity index (χ0) is 21.9. The van der Waals surface area contributed by atoms with Gasteiger partial charge in [-0.3, -0.25) is 9.88 Å². The number of H-pyrrole nitrogens is 1. The second-order valence-electron chi connectivity index (χ2n) is 8.15. The quantitative estimate of drug-likeness (QED) is 0.372. The van der Waals surface area contributed by atoms with Crippen molar-refractivity contribution in [2.45, 2.75) is 23.9 Å². The number of nitrogens with zero attached hydrogens (tertiary/aromatic N) is 4. The number of benzene rings is 2. The summed E-state index contributed by atoms with van der Waals surface area (Å²) in [6, 6.07) is 18.8. The highest BCUT2D eigenvalue weighted by molar-refractivity contribution is 7.98. The lowest BCUT2D eigenvalue weighted by atomic mass is 10.00. The number of imidazole rings is 1. The van der Waals surface area contributed by atoms with Gasteiger partial charge in [-0.1, -0.05) is 59.8 Å². The number of fused-ring (bicyclic) bond motifs is 2. The first-order valence-corrected chi connectivity index (χ1v) is 12.2. The van der Waals surface area contributed by atoms with Crippen molar-refractivity contribution in [3.8, 4) is 0 Å². The summed E-state index contributed by atoms with van der Waals surface area (Å²) in [5.41, 5.74) is 6.87. The standard InChI is InChI=1S/C25H26ClN5S/c1-30(14-15-31-13-11-18-6-2-3-7-19(18)16-31)23-10-12-27-22(24(23)26)17-32-25-28-20-8-4-5-9-21(20)29-25/h2-10,12H,11,13-17H2,1H3,(H,28,29). The van der Waals surface area contributed by atoms with E-state index in [1.54, 1.807) is 11.8 Å². The summed E-state index contributed by atoms with van der Waals surface area (Å²) >= 11 is 8.40. The van der Waals surface area contributed by atoms with E-state index in [2.05, 4.69) is 56.1 Å². The van der Waals surface area contributed by atoms with Crippen LogP contribution in [0.5, 0.6) is 0 Å². The lowest BCUT2D eigenvalue weighted by molar-refractivity contribution is 0.260. The Morgan fingerprint density at radius 3 is 2.78 bits per heavy atom. The van der Waals surface area contributed by atoms with Crippen LogP contribution >= 0.6 is 23.4 Å². The third-order valence-electron chi connectivity index (χ3n) is 6.03. The third kappa shape index (κ3) is 4.63. The average Bonchev–Trinajstić information content (AvgIpc) is 3.25. The van der Waals surface area contributed by atoms with Crippen LogP contribution in [-0.2, 0) is 18.7 Å². The Bertz CT molecular complexity index is 1190. The van der Waals surface area contributed by atoms with Gasteiger partial charge in [0.1, 0.15) is 0 Å². The molecule has 0 atom stereocenters. The van der Waals surface area contributed by atoms with Crippen LogP contribution in [0, 0.1) is 0 Å². The maximum Gasteiger partial charge on any atom is 0.166 e. The van der Waals surface area contributed by atoms with E-state index in [0.29, 0.717) is 5.75 Å². The largest absolute Gasteiger partial charge is 0.372 e. The van der Waals surface area contributed by atoms with Gasteiger partial charge >= 0.3 is 0 Å². The Hall–Kier alpha value is -2.54. The van der Waals surface area contributed by atoms with E-state index in [0.717, 1.165) is 65.2 Å². The van der Waals surface area contributed by atoms with Crippen LogP contribution in [0.1, 0.15) is 16.8 Å². The van der Waals surface area contributed by atoms with Crippen molar-refractivity contribution in [2.75, 3.05) is 31.6 Å². The summed E-state index contributed by atoms with van der Waals surface area (Å²) in [5, 5.41) is 1.61. The van der Waals surface area contributed by atoms with E-state index in [4.69, 9.17) is 11.6 Å². The second-order valence-corrected chi connectivity index (χ2v) is 9.50. The number of rotatable bonds is 7. The zero-order valence-electron chi connectivity index (χ0n) is 18.1. The van der Waals surface area contributed by atoms with Crippen molar-refractivity contribution in [3.05, 3.63) is 82.6 Å². The summed E-state index contributed by atoms with van der Waals surface area (Å²) in [7, 11) is 2.11. The number of halogens is 1. The molecule has 1 aliphatic rings. The SMILES string of the molecule is CN(CCN1CCc2ccccc2C1)c1ccnc(CSc2nc3ccccc3[nH]2)c1Cl. The second kappa shape index (κ2) is 9.53. The number of likely N-dealkylation sites (N-methyl/N-ethyl adjacent to an activating group) is 1. The number of aromatic amines is 1. The molecule has 5 nitrogen and oxygen atoms in total. The van der Waals surface area contributed by atoms with Crippen LogP contribution in [0.4, 0.5) is 5.69 Å². The fraction of sp³-hybridized carbons (Fsp3) is 0.280. The molecule has 7 heteroatoms. The van der Waals surface area contributed by atoms with Gasteiger partial charge < -0.3 is 9.88 Å². The zero-order valence-corrected chi connectivity index (χ0v) is 19.7. The maximum absolute atomic E-state index is 6.78. The van der Waals surface area contributed by atoms with Crippen molar-refractivity contribution in [1.82, 2.24) is 19.9 Å². The Labute approximate surface area is 197 Å². The topological polar surface area (TPSA) is 48.1 Å². The van der Waals surface area contributed by atoms with Crippen molar-refractivity contribution >= 4 is 40.1 Å². The molecule has 164 valence electrons. The fourth-order valence-corrected chi connectivity index (χ4v) is 5.40. The molecule has 0 amide bonds. The first kappa shape index (κ1) is 21.3. The highest BCUT2D eigenvalue weighted by Crippen LogP contribution is 2.31. The minimum Gasteiger partial charge on any atom is -0.372 e. The van der Waals surface area contributed by atoms with Gasteiger partial charge in [-0.25, -0.2) is 4.98 Å². The van der Waals surface area contributed by atoms with Crippen molar-refractivity contribution in [1.29, 1.82) is 0 Å². The van der Waals surface area contributed by atoms with Crippen molar-refractivity contribution in [3.63, 3.8) is 0 Å². The summed E-state index contributed by atoms with van der Waals surface area (Å²) in [6.45, 7) is 4.05. The predicted octanol–water partition coefficient (Wildman–Crippen LogP) is 5.40. The van der Waals surface area contributed by atoms with Crippen molar-refractivity contribution < 1.29 is 0 Å². The molecule has 1 N–H and O–H groups in total. The van der Waals surface area contributed by atoms with Gasteiger partial charge in [0, 0.05) is 45.2 Å². The Morgan fingerprint density at radius 1 is 1.09 bits per heavy atom. The third-order valence-corrected chi connectivity index (χ3v) is 7.32. The molecule has 2 aromatic heterocycles. The molecule has 3 heterocycles. The van der Waals surface area contributed by atoms with Crippen molar-refractivity contribution in [2.24, 2.45) is 0 Å². The predicted molar refractivity (Wildman–Crippen MR) is 134 cm³/mol. The fourth-order valence-electron chi connectivity index (χ4n) is 4.16. The minimum absolute atomic E-state index is 0.670. The lowest BCUT2D eigenvalue weighted by Gasteiger charge is -2.31. The number of hydrogen-bond donors (Lipinski definition) is 1. The van der Waals surface area contributed by atoms with E-state index >= 15 is 0 Å². The van der Waals surface area contributed by atoms with Crippen LogP contribution in [0.3, 0.4) is 0 Å². The van der Waals surface area contributed by atoms with E-state index in [-0.39, 0.29) is 0 Å². The Kier molecular flexibility index (Phi) is 6.35. The number of anilines is 1. The van der Waals surface area contributed by atoms with Gasteiger partial charge in [0.2, 0.25) is 0 Å². The Balaban J connectivity index is 1.21. The molecule has 5 rings (SSSR count). The first-order valence-electron chi connectivity index (χ1n) is 10.9. The molecule has 32 heavy (non-hydrogen) atoms. The summed E-state index contributed by atoms with van der Waals surface area (Å²) in [5.74, 6) is 0.670. The number of hydrogen-bond acceptors (Lipinski definition) is 5. The molecular weight excluding hydrogens is 438 g/mol. The molecule has 0 unspecified atom stereocenters. The molecule has 0 aliphatic carbocycles. The summed E-state index contributed by atoms with van der Waals surface area (Å²) < 4.78 is 0. The molecule has 4 aromatic rings. The number of nitrogens with one attached hydrogen (secondary N) is 1. The number of thioether (sulfide) groups is 1. The maximum atomic E-state index is 6.78. The van der Waals surface area contributed by atoms with Gasteiger partial charge in [-0.15, -0.1) is 0 Å². The molecule has 0 bridgehead atoms. The van der Waals surface area contributed by atoms with E-state index in [1.807, 2.05) is 36.5 Å². The highest BCUT2D eigenvalue weighted by atomic mass is 35.5. The normalized spacial score (nSPS) is 13.9.